The number of ether oxygens (including phenoxy) is 4. The quantitative estimate of drug-likeness (QED) is 0.00918. The smallest absolute Gasteiger partial charge is 0.410 e. The van der Waals surface area contributed by atoms with Crippen LogP contribution in [0.15, 0.2) is 180 Å². The van der Waals surface area contributed by atoms with E-state index in [4.69, 9.17) is 48.6 Å². The average Bonchev–Trinajstić information content (AvgIpc) is 1.05. The highest BCUT2D eigenvalue weighted by Gasteiger charge is 2.29. The molecule has 0 unspecified atom stereocenters. The van der Waals surface area contributed by atoms with Crippen LogP contribution in [0.25, 0.3) is 32.9 Å². The zero-order valence-corrected chi connectivity index (χ0v) is 76.9. The molecule has 6 N–H and O–H groups in total. The molecule has 0 atom stereocenters. The van der Waals surface area contributed by atoms with Gasteiger partial charge in [0, 0.05) is 97.0 Å². The minimum atomic E-state index is -3.71. The number of rotatable bonds is 30. The molecule has 26 nitrogen and oxygen atoms in total. The predicted molar refractivity (Wildman–Crippen MR) is 470 cm³/mol. The number of nitrogens with zero attached hydrogens (tertiary/aromatic N) is 3. The van der Waals surface area contributed by atoms with Gasteiger partial charge in [0.05, 0.1) is 33.5 Å². The van der Waals surface area contributed by atoms with Gasteiger partial charge in [0.2, 0.25) is 20.0 Å². The van der Waals surface area contributed by atoms with Gasteiger partial charge in [0.25, 0.3) is 9.05 Å². The number of benzene rings is 5. The van der Waals surface area contributed by atoms with Gasteiger partial charge in [-0.25, -0.2) is 44.4 Å². The minimum absolute atomic E-state index is 0.0862. The molecule has 3 heterocycles. The summed E-state index contributed by atoms with van der Waals surface area (Å²) in [4.78, 5) is 58.5. The molecule has 0 aliphatic rings. The number of halogens is 2. The molecule has 0 aliphatic carbocycles. The van der Waals surface area contributed by atoms with Crippen LogP contribution in [0.1, 0.15) is 175 Å². The van der Waals surface area contributed by atoms with Gasteiger partial charge >= 0.3 is 24.4 Å². The maximum Gasteiger partial charge on any atom is 0.410 e. The molecule has 31 heteroatoms. The number of amides is 4. The van der Waals surface area contributed by atoms with Gasteiger partial charge in [-0.15, -0.1) is 0 Å². The molecular weight excluding hydrogens is 1640 g/mol. The van der Waals surface area contributed by atoms with Crippen LogP contribution in [0.5, 0.6) is 0 Å². The summed E-state index contributed by atoms with van der Waals surface area (Å²) in [5.41, 5.74) is 7.47. The highest BCUT2D eigenvalue weighted by Crippen LogP contribution is 2.27. The van der Waals surface area contributed by atoms with Crippen LogP contribution in [-0.4, -0.2) is 164 Å². The van der Waals surface area contributed by atoms with Crippen molar-refractivity contribution in [2.45, 2.75) is 213 Å². The van der Waals surface area contributed by atoms with E-state index in [-0.39, 0.29) is 51.2 Å². The number of alkyl carbamates (subject to hydrolysis) is 3. The molecule has 0 saturated heterocycles. The number of hydrogen-bond acceptors (Lipinski definition) is 20. The first-order valence-electron chi connectivity index (χ1n) is 39.2. The Hall–Kier alpha value is -8.07. The SMILES string of the molecule is BrCc1ccccc1.CC(C)(C)OC(=O)NCCCN.CC(C)C=O.CC(C)CN(CCCN(Cc1ccccc1)C(=O)OC(C)(C)C)S(=O)(=O)c1ccc2occc2c1.CC(C)CN(CCCNC(=O)OC(C)(C)C)S(=O)(=O)c1ccc2occc2c1.CC(C)CNCCCNC(=O)OC(C)(C)C.O=S(=O)(Cl)c1ccc2occc2c1. The average molecular weight is 1780 g/mol. The lowest BCUT2D eigenvalue weighted by Gasteiger charge is -2.29. The number of nitrogens with one attached hydrogen (secondary N) is 4. The van der Waals surface area contributed by atoms with E-state index < -0.39 is 63.7 Å². The third-order valence-electron chi connectivity index (χ3n) is 15.0. The van der Waals surface area contributed by atoms with Crippen molar-refractivity contribution in [2.24, 2.45) is 29.4 Å². The van der Waals surface area contributed by atoms with E-state index in [0.717, 1.165) is 59.3 Å². The highest BCUT2D eigenvalue weighted by atomic mass is 79.9. The first-order valence-corrected chi connectivity index (χ1v) is 45.5. The zero-order valence-electron chi connectivity index (χ0n) is 72.1. The van der Waals surface area contributed by atoms with Gasteiger partial charge in [-0.3, -0.25) is 0 Å². The molecule has 8 aromatic rings. The first kappa shape index (κ1) is 105. The van der Waals surface area contributed by atoms with Crippen LogP contribution in [0, 0.1) is 23.7 Å². The lowest BCUT2D eigenvalue weighted by molar-refractivity contribution is -0.110. The van der Waals surface area contributed by atoms with Crippen LogP contribution in [0.3, 0.4) is 0 Å². The number of sulfonamides is 2. The summed E-state index contributed by atoms with van der Waals surface area (Å²) < 4.78 is 115. The summed E-state index contributed by atoms with van der Waals surface area (Å²) in [6, 6.07) is 39.4. The fourth-order valence-electron chi connectivity index (χ4n) is 9.88. The number of nitrogens with two attached hydrogens (primary N) is 1. The summed E-state index contributed by atoms with van der Waals surface area (Å²) in [7, 11) is -5.84. The number of aldehydes is 1. The Morgan fingerprint density at radius 1 is 0.470 bits per heavy atom. The van der Waals surface area contributed by atoms with Crippen molar-refractivity contribution in [1.29, 1.82) is 0 Å². The maximum absolute atomic E-state index is 13.5. The van der Waals surface area contributed by atoms with E-state index in [1.54, 1.807) is 92.6 Å². The van der Waals surface area contributed by atoms with Crippen LogP contribution in [0.4, 0.5) is 19.2 Å². The molecule has 0 radical (unpaired) electrons. The minimum Gasteiger partial charge on any atom is -0.464 e. The number of carbonyl (C=O) groups excluding carboxylic acids is 5. The monoisotopic (exact) mass is 1770 g/mol. The summed E-state index contributed by atoms with van der Waals surface area (Å²) in [6.45, 7) is 44.1. The topological polar surface area (TPSA) is 348 Å². The van der Waals surface area contributed by atoms with E-state index in [1.165, 1.54) is 38.8 Å². The van der Waals surface area contributed by atoms with Crippen LogP contribution < -0.4 is 27.0 Å². The van der Waals surface area contributed by atoms with Gasteiger partial charge in [-0.1, -0.05) is 132 Å². The fourth-order valence-corrected chi connectivity index (χ4v) is 14.4. The maximum atomic E-state index is 13.5. The lowest BCUT2D eigenvalue weighted by Crippen LogP contribution is -2.40. The number of fused-ring (bicyclic) bond motifs is 3. The molecule has 8 rings (SSSR count). The van der Waals surface area contributed by atoms with E-state index >= 15 is 0 Å². The Kier molecular flexibility index (Phi) is 46.7. The second kappa shape index (κ2) is 52.1. The zero-order chi connectivity index (χ0) is 88.4. The number of furan rings is 3. The molecule has 0 fully saturated rings. The lowest BCUT2D eigenvalue weighted by atomic mass is 10.2. The van der Waals surface area contributed by atoms with Gasteiger partial charge in [-0.05, 0) is 230 Å². The van der Waals surface area contributed by atoms with E-state index in [0.29, 0.717) is 94.4 Å². The Balaban J connectivity index is 0.000000501. The second-order valence-electron chi connectivity index (χ2n) is 32.8. The van der Waals surface area contributed by atoms with Crippen molar-refractivity contribution < 1.29 is 81.4 Å². The fraction of sp³-hybridized carbons (Fsp3) is 0.523. The molecule has 4 amide bonds. The summed E-state index contributed by atoms with van der Waals surface area (Å²) >= 11 is 3.36. The van der Waals surface area contributed by atoms with Crippen molar-refractivity contribution in [3.63, 3.8) is 0 Å². The first-order chi connectivity index (χ1) is 54.5. The van der Waals surface area contributed by atoms with E-state index in [1.807, 2.05) is 152 Å². The van der Waals surface area contributed by atoms with Crippen LogP contribution in [0.2, 0.25) is 0 Å². The Bertz CT molecular complexity index is 4550. The summed E-state index contributed by atoms with van der Waals surface area (Å²) in [5, 5.41) is 14.5. The Labute approximate surface area is 708 Å². The highest BCUT2D eigenvalue weighted by molar-refractivity contribution is 9.08. The molecule has 0 bridgehead atoms. The third kappa shape index (κ3) is 46.2. The normalized spacial score (nSPS) is 11.8. The van der Waals surface area contributed by atoms with Crippen molar-refractivity contribution >= 4 is 119 Å². The third-order valence-corrected chi connectivity index (χ3v) is 20.7. The van der Waals surface area contributed by atoms with Crippen molar-refractivity contribution in [1.82, 2.24) is 34.8 Å². The largest absolute Gasteiger partial charge is 0.464 e. The standard InChI is InChI=1S/C27H36N2O5S.C20H30N2O5S.C12H26N2O2.C8H5ClO3S.C8H18N2O2.C7H7Br.C4H8O/c1-21(2)19-29(35(31,32)24-12-13-25-23(18-24)14-17-33-25)16-9-15-28(26(30)34-27(3,4)5)20-22-10-7-6-8-11-22;1-15(2)14-22(11-6-10-21-19(23)27-20(3,4)5)28(24,25)17-7-8-18-16(13-17)9-12-26-18;1-10(2)9-13-7-6-8-14-11(15)16-12(3,4)5;9-13(10,11)7-1-2-8-6(5-7)3-4-12-8;1-8(2,3)12-7(11)10-6-4-5-9;8-6-7-4-2-1-3-5-7;1-4(2)3-5/h6-8,10-14,17-18,21H,9,15-16,19-20H2,1-5H3;7-9,12-13,15H,6,10-11,14H2,1-5H3,(H,21,23);10,13H,6-9H2,1-5H3,(H,14,15);1-5H;4-6,9H2,1-3H3,(H,10,11);1-5H,6H2;3-4H,1-2H3. The number of hydrogen-bond donors (Lipinski definition) is 5. The molecule has 117 heavy (non-hydrogen) atoms. The van der Waals surface area contributed by atoms with E-state index in [9.17, 15) is 49.2 Å². The molecule has 0 spiro atoms. The Morgan fingerprint density at radius 3 is 1.17 bits per heavy atom. The van der Waals surface area contributed by atoms with Gasteiger partial charge < -0.3 is 68.9 Å². The van der Waals surface area contributed by atoms with Gasteiger partial charge in [0.1, 0.15) is 45.4 Å². The molecule has 0 aliphatic heterocycles. The van der Waals surface area contributed by atoms with Crippen LogP contribution >= 0.6 is 26.6 Å². The van der Waals surface area contributed by atoms with Crippen molar-refractivity contribution in [2.75, 3.05) is 72.0 Å². The molecule has 0 saturated carbocycles. The van der Waals surface area contributed by atoms with Crippen molar-refractivity contribution in [3.05, 3.63) is 163 Å². The van der Waals surface area contributed by atoms with Gasteiger partial charge in [-0.2, -0.15) is 8.61 Å². The molecular formula is C86H130BrClN8O18S3. The van der Waals surface area contributed by atoms with Gasteiger partial charge in [0.15, 0.2) is 0 Å². The second-order valence-corrected chi connectivity index (χ2v) is 39.8. The number of alkyl halides is 1. The molecule has 654 valence electrons. The van der Waals surface area contributed by atoms with Crippen molar-refractivity contribution in [3.8, 4) is 0 Å². The molecule has 3 aromatic heterocycles. The van der Waals surface area contributed by atoms with Crippen LogP contribution in [-0.2, 0) is 64.7 Å². The Morgan fingerprint density at radius 2 is 0.829 bits per heavy atom. The molecule has 5 aromatic carbocycles. The summed E-state index contributed by atoms with van der Waals surface area (Å²) in [6.07, 6.45) is 6.53. The predicted octanol–water partition coefficient (Wildman–Crippen LogP) is 18.7. The summed E-state index contributed by atoms with van der Waals surface area (Å²) in [5.74, 6) is 1.19. The van der Waals surface area contributed by atoms with E-state index in [2.05, 4.69) is 63.2 Å². The number of carbonyl (C=O) groups is 5.